The Kier molecular flexibility index (Phi) is 4.76. The number of esters is 1. The van der Waals surface area contributed by atoms with E-state index in [2.05, 4.69) is 5.32 Å². The van der Waals surface area contributed by atoms with Gasteiger partial charge in [-0.3, -0.25) is 4.79 Å². The number of nitrogens with one attached hydrogen (secondary N) is 1. The van der Waals surface area contributed by atoms with Crippen LogP contribution in [0.25, 0.3) is 0 Å². The molecule has 1 aliphatic heterocycles. The third kappa shape index (κ3) is 4.71. The fourth-order valence-electron chi connectivity index (χ4n) is 3.23. The minimum absolute atomic E-state index is 0.00576. The minimum Gasteiger partial charge on any atom is -0.462 e. The van der Waals surface area contributed by atoms with Crippen LogP contribution in [0.3, 0.4) is 0 Å². The molecule has 2 rings (SSSR count). The zero-order valence-corrected chi connectivity index (χ0v) is 11.5. The summed E-state index contributed by atoms with van der Waals surface area (Å²) in [4.78, 5) is 11.0. The van der Waals surface area contributed by atoms with E-state index in [9.17, 15) is 13.6 Å². The van der Waals surface area contributed by atoms with E-state index in [1.807, 2.05) is 0 Å². The molecule has 1 N–H and O–H groups in total. The van der Waals surface area contributed by atoms with Gasteiger partial charge >= 0.3 is 5.97 Å². The molecule has 0 aromatic carbocycles. The number of carbonyl (C=O) groups is 1. The van der Waals surface area contributed by atoms with E-state index in [-0.39, 0.29) is 24.9 Å². The molecule has 1 aliphatic carbocycles. The van der Waals surface area contributed by atoms with E-state index in [4.69, 9.17) is 4.74 Å². The Hall–Kier alpha value is -0.710. The van der Waals surface area contributed by atoms with Crippen LogP contribution in [0.2, 0.25) is 0 Å². The van der Waals surface area contributed by atoms with Crippen molar-refractivity contribution in [1.29, 1.82) is 0 Å². The van der Waals surface area contributed by atoms with Gasteiger partial charge in [0, 0.05) is 25.8 Å². The Morgan fingerprint density at radius 2 is 2.00 bits per heavy atom. The predicted molar refractivity (Wildman–Crippen MR) is 68.1 cm³/mol. The first-order valence-electron chi connectivity index (χ1n) is 7.23. The molecule has 2 aliphatic rings. The second-order valence-electron chi connectivity index (χ2n) is 5.94. The van der Waals surface area contributed by atoms with Gasteiger partial charge in [-0.05, 0) is 44.6 Å². The van der Waals surface area contributed by atoms with Gasteiger partial charge in [0.05, 0.1) is 0 Å². The smallest absolute Gasteiger partial charge is 0.302 e. The summed E-state index contributed by atoms with van der Waals surface area (Å²) in [5, 5.41) is 3.41. The van der Waals surface area contributed by atoms with Crippen molar-refractivity contribution in [2.75, 3.05) is 6.54 Å². The summed E-state index contributed by atoms with van der Waals surface area (Å²) >= 11 is 0. The molecular formula is C14H23F2NO2. The topological polar surface area (TPSA) is 38.3 Å². The van der Waals surface area contributed by atoms with Crippen molar-refractivity contribution in [3.8, 4) is 0 Å². The molecule has 0 aromatic rings. The standard InChI is InChI=1S/C14H23F2NO2/c1-10(18)19-13-4-7-17-12(9-13)8-11-2-5-14(15,16)6-3-11/h11-13,17H,2-9H2,1H3. The monoisotopic (exact) mass is 275 g/mol. The fraction of sp³-hybridized carbons (Fsp3) is 0.929. The molecule has 1 saturated heterocycles. The minimum atomic E-state index is -2.45. The molecule has 2 atom stereocenters. The van der Waals surface area contributed by atoms with Crippen LogP contribution < -0.4 is 5.32 Å². The van der Waals surface area contributed by atoms with Gasteiger partial charge in [-0.15, -0.1) is 0 Å². The zero-order valence-electron chi connectivity index (χ0n) is 11.5. The molecule has 1 heterocycles. The molecule has 2 fully saturated rings. The van der Waals surface area contributed by atoms with Gasteiger partial charge in [0.15, 0.2) is 0 Å². The molecule has 0 amide bonds. The number of ether oxygens (including phenoxy) is 1. The molecule has 3 nitrogen and oxygen atoms in total. The van der Waals surface area contributed by atoms with Crippen molar-refractivity contribution in [2.24, 2.45) is 5.92 Å². The van der Waals surface area contributed by atoms with E-state index in [1.54, 1.807) is 0 Å². The summed E-state index contributed by atoms with van der Waals surface area (Å²) in [6, 6.07) is 0.301. The van der Waals surface area contributed by atoms with Gasteiger partial charge < -0.3 is 10.1 Å². The first-order chi connectivity index (χ1) is 8.94. The second-order valence-corrected chi connectivity index (χ2v) is 5.94. The predicted octanol–water partition coefficient (Wildman–Crippen LogP) is 2.89. The molecule has 0 spiro atoms. The number of rotatable bonds is 3. The summed E-state index contributed by atoms with van der Waals surface area (Å²) in [6.07, 6.45) is 3.86. The Bertz CT molecular complexity index is 313. The van der Waals surface area contributed by atoms with Crippen molar-refractivity contribution in [3.63, 3.8) is 0 Å². The molecular weight excluding hydrogens is 252 g/mol. The maximum absolute atomic E-state index is 13.1. The first kappa shape index (κ1) is 14.7. The highest BCUT2D eigenvalue weighted by atomic mass is 19.3. The van der Waals surface area contributed by atoms with Gasteiger partial charge in [0.2, 0.25) is 5.92 Å². The van der Waals surface area contributed by atoms with Gasteiger partial charge in [-0.2, -0.15) is 0 Å². The van der Waals surface area contributed by atoms with Gasteiger partial charge in [-0.25, -0.2) is 8.78 Å². The van der Waals surface area contributed by atoms with Crippen LogP contribution in [0.4, 0.5) is 8.78 Å². The maximum atomic E-state index is 13.1. The van der Waals surface area contributed by atoms with E-state index >= 15 is 0 Å². The number of hydrogen-bond acceptors (Lipinski definition) is 3. The van der Waals surface area contributed by atoms with Gasteiger partial charge in [0.1, 0.15) is 6.10 Å². The van der Waals surface area contributed by atoms with Crippen LogP contribution in [-0.4, -0.2) is 30.6 Å². The average Bonchev–Trinajstić information content (AvgIpc) is 2.32. The second kappa shape index (κ2) is 6.16. The molecule has 110 valence electrons. The lowest BCUT2D eigenvalue weighted by molar-refractivity contribution is -0.148. The summed E-state index contributed by atoms with van der Waals surface area (Å²) in [7, 11) is 0. The zero-order chi connectivity index (χ0) is 13.9. The SMILES string of the molecule is CC(=O)OC1CCNC(CC2CCC(F)(F)CC2)C1. The largest absolute Gasteiger partial charge is 0.462 e. The molecule has 0 radical (unpaired) electrons. The Morgan fingerprint density at radius 1 is 1.32 bits per heavy atom. The lowest BCUT2D eigenvalue weighted by atomic mass is 9.81. The first-order valence-corrected chi connectivity index (χ1v) is 7.23. The lowest BCUT2D eigenvalue weighted by Crippen LogP contribution is -2.43. The van der Waals surface area contributed by atoms with Crippen molar-refractivity contribution in [2.45, 2.75) is 69.9 Å². The number of halogens is 2. The van der Waals surface area contributed by atoms with Crippen LogP contribution in [0, 0.1) is 5.92 Å². The normalized spacial score (nSPS) is 31.9. The Morgan fingerprint density at radius 3 is 2.63 bits per heavy atom. The summed E-state index contributed by atoms with van der Waals surface area (Å²) < 4.78 is 31.4. The number of carbonyl (C=O) groups excluding carboxylic acids is 1. The summed E-state index contributed by atoms with van der Waals surface area (Å²) in [6.45, 7) is 2.27. The molecule has 19 heavy (non-hydrogen) atoms. The van der Waals surface area contributed by atoms with Crippen LogP contribution in [0.1, 0.15) is 51.9 Å². The lowest BCUT2D eigenvalue weighted by Gasteiger charge is -2.34. The number of alkyl halides is 2. The van der Waals surface area contributed by atoms with E-state index in [0.717, 1.165) is 25.8 Å². The molecule has 5 heteroatoms. The third-order valence-corrected chi connectivity index (χ3v) is 4.23. The highest BCUT2D eigenvalue weighted by Gasteiger charge is 2.36. The number of hydrogen-bond donors (Lipinski definition) is 1. The van der Waals surface area contributed by atoms with Crippen molar-refractivity contribution >= 4 is 5.97 Å². The van der Waals surface area contributed by atoms with Crippen LogP contribution >= 0.6 is 0 Å². The van der Waals surface area contributed by atoms with Crippen LogP contribution in [0.5, 0.6) is 0 Å². The Balaban J connectivity index is 1.75. The average molecular weight is 275 g/mol. The van der Waals surface area contributed by atoms with E-state index in [1.165, 1.54) is 6.92 Å². The maximum Gasteiger partial charge on any atom is 0.302 e. The quantitative estimate of drug-likeness (QED) is 0.805. The van der Waals surface area contributed by atoms with Crippen molar-refractivity contribution in [3.05, 3.63) is 0 Å². The molecule has 0 bridgehead atoms. The van der Waals surface area contributed by atoms with Crippen LogP contribution in [0.15, 0.2) is 0 Å². The van der Waals surface area contributed by atoms with Gasteiger partial charge in [-0.1, -0.05) is 0 Å². The van der Waals surface area contributed by atoms with E-state index < -0.39 is 5.92 Å². The molecule has 2 unspecified atom stereocenters. The van der Waals surface area contributed by atoms with Crippen molar-refractivity contribution < 1.29 is 18.3 Å². The third-order valence-electron chi connectivity index (χ3n) is 4.23. The highest BCUT2D eigenvalue weighted by molar-refractivity contribution is 5.66. The summed E-state index contributed by atoms with van der Waals surface area (Å²) in [5.74, 6) is -2.30. The molecule has 1 saturated carbocycles. The number of piperidine rings is 1. The van der Waals surface area contributed by atoms with E-state index in [0.29, 0.717) is 24.8 Å². The van der Waals surface area contributed by atoms with Crippen molar-refractivity contribution in [1.82, 2.24) is 5.32 Å². The van der Waals surface area contributed by atoms with Gasteiger partial charge in [0.25, 0.3) is 0 Å². The van der Waals surface area contributed by atoms with Crippen LogP contribution in [-0.2, 0) is 9.53 Å². The fourth-order valence-corrected chi connectivity index (χ4v) is 3.23. The summed E-state index contributed by atoms with van der Waals surface area (Å²) in [5.41, 5.74) is 0. The Labute approximate surface area is 113 Å². The molecule has 0 aromatic heterocycles. The highest BCUT2D eigenvalue weighted by Crippen LogP contribution is 2.38.